The molecule has 2 aromatic heterocycles. The minimum atomic E-state index is 0.0232. The Morgan fingerprint density at radius 2 is 2.08 bits per heavy atom. The minimum absolute atomic E-state index is 0.0232. The van der Waals surface area contributed by atoms with E-state index in [0.29, 0.717) is 13.0 Å². The standard InChI is InChI=1S/C19H24N4OS/c1-11-6-12(2)18-16(7-11)15(13(3)22-18)8-17(24)20-9-14-10-21-19(25-5)23(14)4/h6-7,10,22H,8-9H2,1-5H3,(H,20,24). The van der Waals surface area contributed by atoms with Crippen LogP contribution in [0.5, 0.6) is 0 Å². The van der Waals surface area contributed by atoms with Crippen molar-refractivity contribution in [2.75, 3.05) is 6.26 Å². The number of hydrogen-bond acceptors (Lipinski definition) is 3. The summed E-state index contributed by atoms with van der Waals surface area (Å²) in [5.41, 5.74) is 6.69. The van der Waals surface area contributed by atoms with Gasteiger partial charge >= 0.3 is 0 Å². The lowest BCUT2D eigenvalue weighted by atomic mass is 10.0. The summed E-state index contributed by atoms with van der Waals surface area (Å²) in [7, 11) is 1.97. The number of carbonyl (C=O) groups excluding carboxylic acids is 1. The maximum Gasteiger partial charge on any atom is 0.224 e. The van der Waals surface area contributed by atoms with Gasteiger partial charge < -0.3 is 14.9 Å². The maximum absolute atomic E-state index is 12.5. The highest BCUT2D eigenvalue weighted by Gasteiger charge is 2.15. The monoisotopic (exact) mass is 356 g/mol. The van der Waals surface area contributed by atoms with Crippen LogP contribution in [0.2, 0.25) is 0 Å². The van der Waals surface area contributed by atoms with E-state index < -0.39 is 0 Å². The Kier molecular flexibility index (Phi) is 4.90. The van der Waals surface area contributed by atoms with Crippen molar-refractivity contribution in [3.8, 4) is 0 Å². The molecule has 0 aliphatic heterocycles. The molecule has 1 aromatic carbocycles. The average molecular weight is 356 g/mol. The molecule has 25 heavy (non-hydrogen) atoms. The Labute approximate surface area is 152 Å². The molecule has 0 aliphatic carbocycles. The first-order valence-electron chi connectivity index (χ1n) is 8.30. The van der Waals surface area contributed by atoms with E-state index in [2.05, 4.69) is 41.3 Å². The van der Waals surface area contributed by atoms with Crippen LogP contribution in [-0.4, -0.2) is 26.7 Å². The fraction of sp³-hybridized carbons (Fsp3) is 0.368. The highest BCUT2D eigenvalue weighted by molar-refractivity contribution is 7.98. The molecule has 132 valence electrons. The van der Waals surface area contributed by atoms with Crippen molar-refractivity contribution < 1.29 is 4.79 Å². The van der Waals surface area contributed by atoms with E-state index >= 15 is 0 Å². The number of imidazole rings is 1. The van der Waals surface area contributed by atoms with E-state index in [1.807, 2.05) is 31.0 Å². The minimum Gasteiger partial charge on any atom is -0.358 e. The molecule has 0 unspecified atom stereocenters. The lowest BCUT2D eigenvalue weighted by Gasteiger charge is -2.07. The molecule has 5 nitrogen and oxygen atoms in total. The van der Waals surface area contributed by atoms with Crippen molar-refractivity contribution in [1.29, 1.82) is 0 Å². The summed E-state index contributed by atoms with van der Waals surface area (Å²) in [5, 5.41) is 5.11. The molecule has 0 atom stereocenters. The third-order valence-corrected chi connectivity index (χ3v) is 5.34. The van der Waals surface area contributed by atoms with Crippen molar-refractivity contribution in [3.63, 3.8) is 0 Å². The van der Waals surface area contributed by atoms with E-state index in [1.165, 1.54) is 11.1 Å². The van der Waals surface area contributed by atoms with Gasteiger partial charge in [-0.15, -0.1) is 0 Å². The fourth-order valence-corrected chi connectivity index (χ4v) is 3.81. The first-order valence-corrected chi connectivity index (χ1v) is 9.53. The smallest absolute Gasteiger partial charge is 0.224 e. The van der Waals surface area contributed by atoms with Gasteiger partial charge in [0, 0.05) is 23.6 Å². The second kappa shape index (κ2) is 6.96. The van der Waals surface area contributed by atoms with Crippen LogP contribution in [0.3, 0.4) is 0 Å². The summed E-state index contributed by atoms with van der Waals surface area (Å²) < 4.78 is 2.01. The summed E-state index contributed by atoms with van der Waals surface area (Å²) in [5.74, 6) is 0.0232. The summed E-state index contributed by atoms with van der Waals surface area (Å²) in [4.78, 5) is 20.2. The van der Waals surface area contributed by atoms with Gasteiger partial charge in [0.25, 0.3) is 0 Å². The van der Waals surface area contributed by atoms with E-state index in [-0.39, 0.29) is 5.91 Å². The number of carbonyl (C=O) groups is 1. The van der Waals surface area contributed by atoms with Gasteiger partial charge in [-0.05, 0) is 44.2 Å². The highest BCUT2D eigenvalue weighted by atomic mass is 32.2. The van der Waals surface area contributed by atoms with Gasteiger partial charge in [0.15, 0.2) is 5.16 Å². The number of amides is 1. The van der Waals surface area contributed by atoms with Crippen LogP contribution < -0.4 is 5.32 Å². The van der Waals surface area contributed by atoms with Crippen LogP contribution >= 0.6 is 11.8 Å². The Balaban J connectivity index is 1.76. The van der Waals surface area contributed by atoms with Gasteiger partial charge in [-0.1, -0.05) is 23.4 Å². The number of benzene rings is 1. The summed E-state index contributed by atoms with van der Waals surface area (Å²) >= 11 is 1.60. The second-order valence-corrected chi connectivity index (χ2v) is 7.26. The van der Waals surface area contributed by atoms with Gasteiger partial charge in [0.05, 0.1) is 24.9 Å². The lowest BCUT2D eigenvalue weighted by molar-refractivity contribution is -0.120. The van der Waals surface area contributed by atoms with Gasteiger partial charge in [0.2, 0.25) is 5.91 Å². The van der Waals surface area contributed by atoms with Crippen molar-refractivity contribution in [2.24, 2.45) is 7.05 Å². The number of nitrogens with zero attached hydrogens (tertiary/aromatic N) is 2. The zero-order valence-electron chi connectivity index (χ0n) is 15.4. The van der Waals surface area contributed by atoms with Gasteiger partial charge in [0.1, 0.15) is 0 Å². The average Bonchev–Trinajstić information content (AvgIpc) is 3.07. The maximum atomic E-state index is 12.5. The normalized spacial score (nSPS) is 11.2. The Morgan fingerprint density at radius 3 is 2.76 bits per heavy atom. The number of fused-ring (bicyclic) bond motifs is 1. The molecule has 0 bridgehead atoms. The predicted molar refractivity (Wildman–Crippen MR) is 103 cm³/mol. The third-order valence-electron chi connectivity index (χ3n) is 4.60. The molecule has 3 rings (SSSR count). The number of rotatable bonds is 5. The van der Waals surface area contributed by atoms with Crippen molar-refractivity contribution in [1.82, 2.24) is 19.9 Å². The molecule has 2 N–H and O–H groups in total. The number of thioether (sulfide) groups is 1. The topological polar surface area (TPSA) is 62.7 Å². The summed E-state index contributed by atoms with van der Waals surface area (Å²) in [6, 6.07) is 4.31. The number of H-pyrrole nitrogens is 1. The van der Waals surface area contributed by atoms with Crippen LogP contribution in [0.1, 0.15) is 28.1 Å². The Hall–Kier alpha value is -2.21. The first kappa shape index (κ1) is 17.6. The van der Waals surface area contributed by atoms with Gasteiger partial charge in [-0.25, -0.2) is 4.98 Å². The van der Waals surface area contributed by atoms with E-state index in [0.717, 1.165) is 33.0 Å². The molecule has 0 spiro atoms. The van der Waals surface area contributed by atoms with Gasteiger partial charge in [-0.3, -0.25) is 4.79 Å². The van der Waals surface area contributed by atoms with E-state index in [4.69, 9.17) is 0 Å². The highest BCUT2D eigenvalue weighted by Crippen LogP contribution is 2.26. The third kappa shape index (κ3) is 3.44. The van der Waals surface area contributed by atoms with Crippen LogP contribution in [0.25, 0.3) is 10.9 Å². The Bertz CT molecular complexity index is 939. The SMILES string of the molecule is CSc1ncc(CNC(=O)Cc2c(C)[nH]c3c(C)cc(C)cc23)n1C. The number of nitrogens with one attached hydrogen (secondary N) is 2. The predicted octanol–water partition coefficient (Wildman–Crippen LogP) is 3.41. The summed E-state index contributed by atoms with van der Waals surface area (Å²) in [6.07, 6.45) is 4.19. The number of hydrogen-bond donors (Lipinski definition) is 2. The molecule has 0 radical (unpaired) electrons. The van der Waals surface area contributed by atoms with Crippen LogP contribution in [0, 0.1) is 20.8 Å². The van der Waals surface area contributed by atoms with Crippen molar-refractivity contribution >= 4 is 28.6 Å². The molecule has 0 saturated heterocycles. The van der Waals surface area contributed by atoms with Gasteiger partial charge in [-0.2, -0.15) is 0 Å². The first-order chi connectivity index (χ1) is 11.9. The summed E-state index contributed by atoms with van der Waals surface area (Å²) in [6.45, 7) is 6.71. The molecular weight excluding hydrogens is 332 g/mol. The van der Waals surface area contributed by atoms with E-state index in [9.17, 15) is 4.79 Å². The fourth-order valence-electron chi connectivity index (χ4n) is 3.26. The second-order valence-electron chi connectivity index (χ2n) is 6.48. The Morgan fingerprint density at radius 1 is 1.32 bits per heavy atom. The molecule has 1 amide bonds. The zero-order valence-corrected chi connectivity index (χ0v) is 16.2. The lowest BCUT2D eigenvalue weighted by Crippen LogP contribution is -2.25. The number of aromatic amines is 1. The van der Waals surface area contributed by atoms with Crippen LogP contribution in [0.4, 0.5) is 0 Å². The molecule has 0 aliphatic rings. The molecule has 2 heterocycles. The zero-order chi connectivity index (χ0) is 18.1. The largest absolute Gasteiger partial charge is 0.358 e. The molecule has 0 fully saturated rings. The van der Waals surface area contributed by atoms with E-state index in [1.54, 1.807) is 11.8 Å². The molecule has 6 heteroatoms. The molecular formula is C19H24N4OS. The van der Waals surface area contributed by atoms with Crippen LogP contribution in [0.15, 0.2) is 23.5 Å². The van der Waals surface area contributed by atoms with Crippen molar-refractivity contribution in [3.05, 3.63) is 46.4 Å². The van der Waals surface area contributed by atoms with Crippen molar-refractivity contribution in [2.45, 2.75) is 38.9 Å². The van der Waals surface area contributed by atoms with Crippen LogP contribution in [-0.2, 0) is 24.8 Å². The quantitative estimate of drug-likeness (QED) is 0.689. The number of aromatic nitrogens is 3. The molecule has 0 saturated carbocycles. The number of aryl methyl sites for hydroxylation is 3. The molecule has 3 aromatic rings.